The van der Waals surface area contributed by atoms with Crippen LogP contribution in [0.15, 0.2) is 36.4 Å². The van der Waals surface area contributed by atoms with Crippen LogP contribution in [0.25, 0.3) is 0 Å². The molecule has 0 fully saturated rings. The van der Waals surface area contributed by atoms with E-state index in [9.17, 15) is 19.2 Å². The second-order valence-corrected chi connectivity index (χ2v) is 6.29. The lowest BCUT2D eigenvalue weighted by atomic mass is 9.81. The molecular formula is C19H13Cl2NO4. The van der Waals surface area contributed by atoms with Crippen molar-refractivity contribution in [3.05, 3.63) is 64.2 Å². The highest BCUT2D eigenvalue weighted by Crippen LogP contribution is 2.34. The van der Waals surface area contributed by atoms with Gasteiger partial charge in [0.1, 0.15) is 5.88 Å². The predicted octanol–water partition coefficient (Wildman–Crippen LogP) is 2.99. The molecule has 1 aliphatic carbocycles. The van der Waals surface area contributed by atoms with Crippen molar-refractivity contribution in [3.8, 4) is 0 Å². The number of ketones is 3. The third kappa shape index (κ3) is 3.16. The first kappa shape index (κ1) is 18.3. The SMILES string of the molecule is O=C(CCl)Cc1ccc2c(c1NC(=O)CCl)C(=O)c1ccccc1C2=O. The molecule has 1 N–H and O–H groups in total. The number of hydrogen-bond donors (Lipinski definition) is 1. The largest absolute Gasteiger partial charge is 0.324 e. The number of nitrogens with one attached hydrogen (secondary N) is 1. The Morgan fingerprint density at radius 1 is 0.846 bits per heavy atom. The second-order valence-electron chi connectivity index (χ2n) is 5.76. The first-order chi connectivity index (χ1) is 12.5. The van der Waals surface area contributed by atoms with Crippen molar-refractivity contribution in [2.75, 3.05) is 17.1 Å². The van der Waals surface area contributed by atoms with E-state index in [1.807, 2.05) is 0 Å². The first-order valence-corrected chi connectivity index (χ1v) is 8.82. The molecule has 3 rings (SSSR count). The number of carbonyl (C=O) groups excluding carboxylic acids is 4. The third-order valence-corrected chi connectivity index (χ3v) is 4.64. The molecule has 0 spiro atoms. The van der Waals surface area contributed by atoms with Crippen LogP contribution in [0.5, 0.6) is 0 Å². The van der Waals surface area contributed by atoms with Crippen LogP contribution in [-0.2, 0) is 16.0 Å². The summed E-state index contributed by atoms with van der Waals surface area (Å²) in [5.74, 6) is -2.05. The molecule has 0 aliphatic heterocycles. The molecule has 5 nitrogen and oxygen atoms in total. The molecule has 0 heterocycles. The van der Waals surface area contributed by atoms with Crippen LogP contribution in [-0.4, -0.2) is 35.0 Å². The monoisotopic (exact) mass is 389 g/mol. The molecule has 0 aromatic heterocycles. The molecule has 0 atom stereocenters. The lowest BCUT2D eigenvalue weighted by Crippen LogP contribution is -2.25. The molecule has 0 unspecified atom stereocenters. The summed E-state index contributed by atoms with van der Waals surface area (Å²) in [7, 11) is 0. The van der Waals surface area contributed by atoms with E-state index in [2.05, 4.69) is 5.32 Å². The third-order valence-electron chi connectivity index (χ3n) is 4.10. The Kier molecular flexibility index (Phi) is 5.20. The Morgan fingerprint density at radius 3 is 2.12 bits per heavy atom. The van der Waals surface area contributed by atoms with Gasteiger partial charge in [0, 0.05) is 23.1 Å². The summed E-state index contributed by atoms with van der Waals surface area (Å²) in [6, 6.07) is 9.53. The van der Waals surface area contributed by atoms with Gasteiger partial charge >= 0.3 is 0 Å². The predicted molar refractivity (Wildman–Crippen MR) is 98.5 cm³/mol. The van der Waals surface area contributed by atoms with Crippen molar-refractivity contribution in [2.24, 2.45) is 0 Å². The van der Waals surface area contributed by atoms with Gasteiger partial charge in [0.15, 0.2) is 17.3 Å². The molecule has 2 aromatic rings. The van der Waals surface area contributed by atoms with Crippen LogP contribution in [0.3, 0.4) is 0 Å². The Morgan fingerprint density at radius 2 is 1.50 bits per heavy atom. The summed E-state index contributed by atoms with van der Waals surface area (Å²) in [5.41, 5.74) is 1.37. The topological polar surface area (TPSA) is 80.3 Å². The number of halogens is 2. The molecular weight excluding hydrogens is 377 g/mol. The van der Waals surface area contributed by atoms with Gasteiger partial charge in [0.25, 0.3) is 0 Å². The Labute approximate surface area is 159 Å². The van der Waals surface area contributed by atoms with E-state index in [4.69, 9.17) is 23.2 Å². The van der Waals surface area contributed by atoms with Crippen molar-refractivity contribution in [1.29, 1.82) is 0 Å². The number of amides is 1. The molecule has 1 aliphatic rings. The maximum absolute atomic E-state index is 13.0. The zero-order valence-corrected chi connectivity index (χ0v) is 15.0. The van der Waals surface area contributed by atoms with Crippen LogP contribution >= 0.6 is 23.2 Å². The van der Waals surface area contributed by atoms with E-state index in [0.29, 0.717) is 11.1 Å². The van der Waals surface area contributed by atoms with Gasteiger partial charge in [-0.3, -0.25) is 19.2 Å². The number of rotatable bonds is 5. The maximum Gasteiger partial charge on any atom is 0.239 e. The highest BCUT2D eigenvalue weighted by molar-refractivity contribution is 6.33. The molecule has 132 valence electrons. The first-order valence-electron chi connectivity index (χ1n) is 7.75. The van der Waals surface area contributed by atoms with Crippen molar-refractivity contribution in [1.82, 2.24) is 0 Å². The fourth-order valence-electron chi connectivity index (χ4n) is 2.95. The molecule has 0 saturated heterocycles. The smallest absolute Gasteiger partial charge is 0.239 e. The van der Waals surface area contributed by atoms with Crippen LogP contribution in [0.4, 0.5) is 5.69 Å². The summed E-state index contributed by atoms with van der Waals surface area (Å²) in [6.07, 6.45) is -0.0716. The molecule has 0 saturated carbocycles. The number of fused-ring (bicyclic) bond motifs is 2. The lowest BCUT2D eigenvalue weighted by molar-refractivity contribution is -0.116. The van der Waals surface area contributed by atoms with Crippen molar-refractivity contribution < 1.29 is 19.2 Å². The number of anilines is 1. The van der Waals surface area contributed by atoms with Crippen LogP contribution in [0.1, 0.15) is 37.4 Å². The van der Waals surface area contributed by atoms with E-state index in [0.717, 1.165) is 0 Å². The number of hydrogen-bond acceptors (Lipinski definition) is 4. The second kappa shape index (κ2) is 7.40. The zero-order valence-electron chi connectivity index (χ0n) is 13.5. The highest BCUT2D eigenvalue weighted by Gasteiger charge is 2.33. The minimum atomic E-state index is -0.543. The summed E-state index contributed by atoms with van der Waals surface area (Å²) in [6.45, 7) is 0. The van der Waals surface area contributed by atoms with Gasteiger partial charge in [-0.1, -0.05) is 30.3 Å². The minimum Gasteiger partial charge on any atom is -0.324 e. The summed E-state index contributed by atoms with van der Waals surface area (Å²) in [4.78, 5) is 49.4. The fourth-order valence-corrected chi connectivity index (χ4v) is 3.11. The van der Waals surface area contributed by atoms with Crippen molar-refractivity contribution in [3.63, 3.8) is 0 Å². The van der Waals surface area contributed by atoms with E-state index in [1.54, 1.807) is 30.3 Å². The van der Waals surface area contributed by atoms with E-state index < -0.39 is 5.91 Å². The Balaban J connectivity index is 2.22. The number of Topliss-reactive ketones (excluding diaryl/α,β-unsaturated/α-hetero) is 1. The Bertz CT molecular complexity index is 953. The number of alkyl halides is 2. The van der Waals surface area contributed by atoms with E-state index in [1.165, 1.54) is 6.07 Å². The summed E-state index contributed by atoms with van der Waals surface area (Å²) in [5, 5.41) is 2.56. The fraction of sp³-hybridized carbons (Fsp3) is 0.158. The molecule has 2 aromatic carbocycles. The number of carbonyl (C=O) groups is 4. The van der Waals surface area contributed by atoms with Crippen molar-refractivity contribution >= 4 is 52.1 Å². The quantitative estimate of drug-likeness (QED) is 0.680. The zero-order chi connectivity index (χ0) is 18.8. The maximum atomic E-state index is 13.0. The number of benzene rings is 2. The van der Waals surface area contributed by atoms with Gasteiger partial charge in [-0.2, -0.15) is 0 Å². The average molecular weight is 390 g/mol. The molecule has 26 heavy (non-hydrogen) atoms. The normalized spacial score (nSPS) is 12.4. The average Bonchev–Trinajstić information content (AvgIpc) is 2.66. The standard InChI is InChI=1S/C19H13Cl2NO4/c20-8-11(23)7-10-5-6-14-16(17(10)22-15(24)9-21)19(26)13-4-2-1-3-12(13)18(14)25/h1-6H,7-9H2,(H,22,24). The molecule has 7 heteroatoms. The van der Waals surface area contributed by atoms with Gasteiger partial charge < -0.3 is 5.32 Å². The van der Waals surface area contributed by atoms with Crippen LogP contribution in [0, 0.1) is 0 Å². The van der Waals surface area contributed by atoms with Crippen molar-refractivity contribution in [2.45, 2.75) is 6.42 Å². The van der Waals surface area contributed by atoms with Gasteiger partial charge in [-0.15, -0.1) is 23.2 Å². The van der Waals surface area contributed by atoms with Crippen LogP contribution < -0.4 is 5.32 Å². The summed E-state index contributed by atoms with van der Waals surface area (Å²) >= 11 is 11.1. The molecule has 1 amide bonds. The molecule has 0 radical (unpaired) electrons. The van der Waals surface area contributed by atoms with E-state index >= 15 is 0 Å². The van der Waals surface area contributed by atoms with Crippen LogP contribution in [0.2, 0.25) is 0 Å². The van der Waals surface area contributed by atoms with E-state index in [-0.39, 0.29) is 57.9 Å². The summed E-state index contributed by atoms with van der Waals surface area (Å²) < 4.78 is 0. The lowest BCUT2D eigenvalue weighted by Gasteiger charge is -2.22. The van der Waals surface area contributed by atoms with Gasteiger partial charge in [-0.05, 0) is 11.6 Å². The molecule has 0 bridgehead atoms. The highest BCUT2D eigenvalue weighted by atomic mass is 35.5. The van der Waals surface area contributed by atoms with Gasteiger partial charge in [0.05, 0.1) is 17.1 Å². The van der Waals surface area contributed by atoms with Gasteiger partial charge in [-0.25, -0.2) is 0 Å². The minimum absolute atomic E-state index is 0.0716. The Hall–Kier alpha value is -2.50. The van der Waals surface area contributed by atoms with Gasteiger partial charge in [0.2, 0.25) is 5.91 Å².